The molecule has 5 aromatic rings. The SMILES string of the molecule is CS(=O)(=O)OC(=O)C(F)(F)[C@@](O)(OCc1ccccc1Cl)[C@H](O)C(O)OCc1ccccc1Cl.Cc1ccc(S(=O)(=O)OC(=O)C(F)(F)[C@@](O)(OCc2ccc([N+](=O)[O-])cc2)[C@H](O)C(O)OCc2ccc([N+](=O)[O-])cc2)cc1. The number of non-ortho nitro benzene ring substituents is 2. The average molecular weight is 1190 g/mol. The van der Waals surface area contributed by atoms with Crippen LogP contribution in [-0.4, -0.2) is 124 Å². The van der Waals surface area contributed by atoms with Crippen LogP contribution in [0, 0.1) is 27.2 Å². The molecule has 0 aliphatic carbocycles. The van der Waals surface area contributed by atoms with Gasteiger partial charge in [0, 0.05) is 34.3 Å². The number of carbonyl (C=O) groups is 2. The Hall–Kier alpha value is -6.36. The Balaban J connectivity index is 0.000000348. The zero-order valence-electron chi connectivity index (χ0n) is 39.9. The number of hydrogen-bond acceptors (Lipinski definition) is 22. The van der Waals surface area contributed by atoms with Crippen LogP contribution in [0.1, 0.15) is 27.8 Å². The van der Waals surface area contributed by atoms with E-state index < -0.39 is 127 Å². The van der Waals surface area contributed by atoms with Crippen molar-refractivity contribution < 1.29 is 112 Å². The van der Waals surface area contributed by atoms with E-state index in [-0.39, 0.29) is 32.4 Å². The fraction of sp³-hybridized carbons (Fsp3) is 0.304. The number of aliphatic hydroxyl groups is 6. The molecule has 24 nitrogen and oxygen atoms in total. The van der Waals surface area contributed by atoms with Crippen LogP contribution >= 0.6 is 23.2 Å². The number of nitro groups is 2. The molecule has 0 bridgehead atoms. The summed E-state index contributed by atoms with van der Waals surface area (Å²) in [7, 11) is -9.93. The monoisotopic (exact) mass is 1190 g/mol. The maximum absolute atomic E-state index is 15.5. The highest BCUT2D eigenvalue weighted by molar-refractivity contribution is 7.87. The third kappa shape index (κ3) is 16.4. The molecule has 0 radical (unpaired) electrons. The highest BCUT2D eigenvalue weighted by Gasteiger charge is 2.69. The number of rotatable bonds is 25. The number of aryl methyl sites for hydroxylation is 1. The van der Waals surface area contributed by atoms with E-state index >= 15 is 8.78 Å². The van der Waals surface area contributed by atoms with Gasteiger partial charge in [0.15, 0.2) is 24.8 Å². The van der Waals surface area contributed by atoms with Crippen molar-refractivity contribution in [2.45, 2.75) is 86.5 Å². The zero-order chi connectivity index (χ0) is 58.6. The second-order valence-electron chi connectivity index (χ2n) is 16.2. The first-order valence-corrected chi connectivity index (χ1v) is 25.5. The molecular formula is C46H44Cl2F4N2O22S2. The van der Waals surface area contributed by atoms with E-state index in [9.17, 15) is 86.1 Å². The topological polar surface area (TPSA) is 365 Å². The van der Waals surface area contributed by atoms with Crippen LogP contribution in [0.3, 0.4) is 0 Å². The van der Waals surface area contributed by atoms with Gasteiger partial charge in [-0.15, -0.1) is 0 Å². The second kappa shape index (κ2) is 26.5. The quantitative estimate of drug-likeness (QED) is 0.0151. The average Bonchev–Trinajstić information content (AvgIpc) is 3.39. The van der Waals surface area contributed by atoms with Gasteiger partial charge in [0.05, 0.1) is 42.5 Å². The first kappa shape index (κ1) is 64.2. The van der Waals surface area contributed by atoms with Crippen molar-refractivity contribution in [1.29, 1.82) is 0 Å². The second-order valence-corrected chi connectivity index (χ2v) is 20.1. The number of nitrogens with zero attached hydrogens (tertiary/aromatic N) is 2. The van der Waals surface area contributed by atoms with E-state index in [4.69, 9.17) is 42.1 Å². The Kier molecular flexibility index (Phi) is 21.8. The van der Waals surface area contributed by atoms with E-state index in [0.29, 0.717) is 17.4 Å². The molecule has 0 fully saturated rings. The molecule has 0 aliphatic heterocycles. The fourth-order valence-electron chi connectivity index (χ4n) is 6.08. The molecule has 0 aromatic heterocycles. The van der Waals surface area contributed by atoms with Gasteiger partial charge in [-0.25, -0.2) is 9.59 Å². The van der Waals surface area contributed by atoms with Crippen molar-refractivity contribution in [3.8, 4) is 0 Å². The molecule has 0 spiro atoms. The van der Waals surface area contributed by atoms with Gasteiger partial charge in [0.1, 0.15) is 4.90 Å². The number of benzene rings is 5. The molecule has 6 N–H and O–H groups in total. The summed E-state index contributed by atoms with van der Waals surface area (Å²) in [5.74, 6) is -25.0. The standard InChI is InChI=1S/C26H24F2N2O13S.C20H20Cl2F2O9S/c1-16-2-12-21(13-3-16)44(39,40)43-24(33)25(27,28)26(34,42-15-18-6-10-20(11-7-18)30(37)38)22(31)23(32)41-14-17-4-8-19(9-5-17)29(35)36;1-34(29,30)33-18(27)19(23,24)20(28,32-11-13-7-3-5-9-15(13)22)16(25)17(26)31-10-12-6-2-4-8-14(12)21/h2-13,22-23,31-32,34H,14-15H2,1H3;2-9,16-17,25-26,28H,10-11H2,1H3/t22-,23?,26+;16-,17?,20+/m11/s1. The molecule has 5 aromatic carbocycles. The molecule has 0 aliphatic rings. The molecule has 0 saturated carbocycles. The summed E-state index contributed by atoms with van der Waals surface area (Å²) in [4.78, 5) is 43.9. The van der Waals surface area contributed by atoms with Gasteiger partial charge in [0.2, 0.25) is 0 Å². The molecule has 6 atom stereocenters. The number of aliphatic hydroxyl groups excluding tert-OH is 4. The highest BCUT2D eigenvalue weighted by atomic mass is 35.5. The van der Waals surface area contributed by atoms with Crippen LogP contribution < -0.4 is 0 Å². The Labute approximate surface area is 449 Å². The van der Waals surface area contributed by atoms with E-state index in [1.807, 2.05) is 0 Å². The lowest BCUT2D eigenvalue weighted by Crippen LogP contribution is -2.65. The van der Waals surface area contributed by atoms with Gasteiger partial charge in [-0.1, -0.05) is 77.3 Å². The molecular weight excluding hydrogens is 1140 g/mol. The van der Waals surface area contributed by atoms with Gasteiger partial charge < -0.3 is 58.0 Å². The summed E-state index contributed by atoms with van der Waals surface area (Å²) in [5.41, 5.74) is 0.274. The number of hydrogen-bond donors (Lipinski definition) is 6. The van der Waals surface area contributed by atoms with E-state index in [2.05, 4.69) is 8.37 Å². The van der Waals surface area contributed by atoms with Crippen molar-refractivity contribution in [3.63, 3.8) is 0 Å². The number of nitro benzene ring substituents is 2. The van der Waals surface area contributed by atoms with Crippen molar-refractivity contribution in [1.82, 2.24) is 0 Å². The van der Waals surface area contributed by atoms with Crippen molar-refractivity contribution in [2.24, 2.45) is 0 Å². The number of ether oxygens (including phenoxy) is 4. The van der Waals surface area contributed by atoms with Crippen LogP contribution in [0.5, 0.6) is 0 Å². The lowest BCUT2D eigenvalue weighted by molar-refractivity contribution is -0.385. The molecule has 0 amide bonds. The number of alkyl halides is 4. The normalized spacial score (nSPS) is 15.2. The van der Waals surface area contributed by atoms with E-state index in [1.54, 1.807) is 19.1 Å². The summed E-state index contributed by atoms with van der Waals surface area (Å²) >= 11 is 11.9. The minimum atomic E-state index is -5.41. The van der Waals surface area contributed by atoms with Gasteiger partial charge in [-0.05, 0) is 77.7 Å². The van der Waals surface area contributed by atoms with Crippen molar-refractivity contribution >= 4 is 66.8 Å². The Morgan fingerprint density at radius 3 is 1.36 bits per heavy atom. The van der Waals surface area contributed by atoms with Crippen LogP contribution in [0.15, 0.2) is 126 Å². The third-order valence-corrected chi connectivity index (χ3v) is 12.8. The maximum Gasteiger partial charge on any atom is 0.399 e. The predicted molar refractivity (Wildman–Crippen MR) is 257 cm³/mol. The minimum Gasteiger partial charge on any atom is -0.382 e. The third-order valence-electron chi connectivity index (χ3n) is 10.4. The molecule has 5 rings (SSSR count). The van der Waals surface area contributed by atoms with Crippen LogP contribution in [-0.2, 0) is 83.6 Å². The van der Waals surface area contributed by atoms with Crippen LogP contribution in [0.2, 0.25) is 10.0 Å². The molecule has 2 unspecified atom stereocenters. The lowest BCUT2D eigenvalue weighted by Gasteiger charge is -2.38. The smallest absolute Gasteiger partial charge is 0.382 e. The fourth-order valence-corrected chi connectivity index (χ4v) is 7.71. The molecule has 78 heavy (non-hydrogen) atoms. The van der Waals surface area contributed by atoms with Crippen molar-refractivity contribution in [3.05, 3.63) is 179 Å². The largest absolute Gasteiger partial charge is 0.399 e. The number of carbonyl (C=O) groups excluding carboxylic acids is 2. The first-order chi connectivity index (χ1) is 36.2. The maximum atomic E-state index is 15.5. The van der Waals surface area contributed by atoms with Crippen LogP contribution in [0.25, 0.3) is 0 Å². The van der Waals surface area contributed by atoms with E-state index in [1.165, 1.54) is 60.7 Å². The van der Waals surface area contributed by atoms with Gasteiger partial charge >= 0.3 is 44.0 Å². The minimum absolute atomic E-state index is 0.0249. The zero-order valence-corrected chi connectivity index (χ0v) is 43.0. The van der Waals surface area contributed by atoms with Gasteiger partial charge in [-0.2, -0.15) is 34.4 Å². The summed E-state index contributed by atoms with van der Waals surface area (Å²) in [6, 6.07) is 24.7. The van der Waals surface area contributed by atoms with Crippen LogP contribution in [0.4, 0.5) is 28.9 Å². The summed E-state index contributed by atoms with van der Waals surface area (Å²) in [6.45, 7) is -1.53. The first-order valence-electron chi connectivity index (χ1n) is 21.5. The van der Waals surface area contributed by atoms with Gasteiger partial charge in [-0.3, -0.25) is 20.2 Å². The molecule has 0 saturated heterocycles. The summed E-state index contributed by atoms with van der Waals surface area (Å²) < 4.78 is 135. The Morgan fingerprint density at radius 2 is 0.949 bits per heavy atom. The number of halogens is 6. The molecule has 32 heteroatoms. The summed E-state index contributed by atoms with van der Waals surface area (Å²) in [6.07, 6.45) is -11.2. The highest BCUT2D eigenvalue weighted by Crippen LogP contribution is 2.40. The predicted octanol–water partition coefficient (Wildman–Crippen LogP) is 4.71. The Bertz CT molecular complexity index is 3130. The van der Waals surface area contributed by atoms with E-state index in [0.717, 1.165) is 48.5 Å². The molecule has 0 heterocycles. The lowest BCUT2D eigenvalue weighted by atomic mass is 10.0. The van der Waals surface area contributed by atoms with Gasteiger partial charge in [0.25, 0.3) is 22.9 Å². The van der Waals surface area contributed by atoms with Crippen molar-refractivity contribution in [2.75, 3.05) is 6.26 Å². The summed E-state index contributed by atoms with van der Waals surface area (Å²) in [5, 5.41) is 84.9. The molecule has 424 valence electrons. The Morgan fingerprint density at radius 1 is 0.577 bits per heavy atom.